The van der Waals surface area contributed by atoms with Gasteiger partial charge in [-0.2, -0.15) is 0 Å². The molecule has 0 aromatic carbocycles. The highest BCUT2D eigenvalue weighted by Crippen LogP contribution is 2.68. The van der Waals surface area contributed by atoms with E-state index in [1.54, 1.807) is 0 Å². The summed E-state index contributed by atoms with van der Waals surface area (Å²) in [6.07, 6.45) is 26.1. The van der Waals surface area contributed by atoms with Gasteiger partial charge in [-0.1, -0.05) is 53.9 Å². The van der Waals surface area contributed by atoms with Gasteiger partial charge in [-0.15, -0.1) is 0 Å². The SMILES string of the molecule is CC1C2CC3CC1CC(O)(C3)C2.CC1CC2CC(O)C1C2.CC1CC2CC1C1C3CC(CC3O)C21.CC1CCC(O)CC1.CCC1CCCC(O)C1. The molecule has 10 bridgehead atoms. The lowest BCUT2D eigenvalue weighted by molar-refractivity contribution is -0.147. The normalized spacial score (nSPS) is 55.3. The zero-order valence-electron chi connectivity index (χ0n) is 34.1. The van der Waals surface area contributed by atoms with E-state index in [0.717, 1.165) is 141 Å². The van der Waals surface area contributed by atoms with Gasteiger partial charge in [0.25, 0.3) is 0 Å². The Labute approximate surface area is 318 Å². The first kappa shape index (κ1) is 40.0. The lowest BCUT2D eigenvalue weighted by Gasteiger charge is -2.57. The summed E-state index contributed by atoms with van der Waals surface area (Å²) < 4.78 is 0. The molecule has 0 saturated heterocycles. The van der Waals surface area contributed by atoms with E-state index >= 15 is 0 Å². The van der Waals surface area contributed by atoms with Crippen molar-refractivity contribution in [2.45, 2.75) is 199 Å². The van der Waals surface area contributed by atoms with E-state index in [2.05, 4.69) is 34.6 Å². The number of aliphatic hydroxyl groups excluding tert-OH is 4. The predicted molar refractivity (Wildman–Crippen MR) is 210 cm³/mol. The maximum Gasteiger partial charge on any atom is 0.0656 e. The molecule has 12 saturated carbocycles. The highest BCUT2D eigenvalue weighted by Gasteiger charge is 2.63. The zero-order chi connectivity index (χ0) is 36.9. The van der Waals surface area contributed by atoms with Crippen LogP contribution in [0.1, 0.15) is 169 Å². The molecule has 0 spiro atoms. The van der Waals surface area contributed by atoms with Gasteiger partial charge in [-0.3, -0.25) is 0 Å². The maximum atomic E-state index is 10.2. The molecule has 52 heavy (non-hydrogen) atoms. The molecular weight excluding hydrogens is 645 g/mol. The molecule has 12 fully saturated rings. The van der Waals surface area contributed by atoms with Gasteiger partial charge in [0.2, 0.25) is 0 Å². The first-order chi connectivity index (χ1) is 24.8. The van der Waals surface area contributed by atoms with Crippen LogP contribution < -0.4 is 0 Å². The summed E-state index contributed by atoms with van der Waals surface area (Å²) >= 11 is 0. The van der Waals surface area contributed by atoms with Crippen LogP contribution in [0.2, 0.25) is 0 Å². The minimum absolute atomic E-state index is 0.0173. The number of hydrogen-bond acceptors (Lipinski definition) is 5. The van der Waals surface area contributed by atoms with E-state index in [1.807, 2.05) is 0 Å². The summed E-state index contributed by atoms with van der Waals surface area (Å²) in [5, 5.41) is 47.8. The van der Waals surface area contributed by atoms with Crippen LogP contribution in [0.25, 0.3) is 0 Å². The second kappa shape index (κ2) is 16.7. The number of aliphatic hydroxyl groups is 5. The van der Waals surface area contributed by atoms with Crippen LogP contribution in [0.3, 0.4) is 0 Å². The van der Waals surface area contributed by atoms with Crippen molar-refractivity contribution < 1.29 is 25.5 Å². The Bertz CT molecular complexity index is 1070. The summed E-state index contributed by atoms with van der Waals surface area (Å²) in [4.78, 5) is 0. The summed E-state index contributed by atoms with van der Waals surface area (Å²) in [5.41, 5.74) is -0.219. The standard InChI is InChI=1S/C13H20O.C11H18O.C8H14O.C8H16O.C7H14O/c1-6-2-7-3-9(6)13-10-4-8(12(7)13)5-11(10)14;1-7-9-2-8-3-10(7)6-11(12,4-8)5-9;1-5-2-6-3-7(5)8(9)4-6;1-2-7-4-3-5-8(9)6-7;1-6-2-4-7(8)5-3-6/h6-14H,2-5H2,1H3;7-10,12H,2-6H2,1H3;5-9H,2-4H2,1H3;7-9H,2-6H2,1H3;6-8H,2-5H2,1H3. The Morgan fingerprint density at radius 3 is 1.67 bits per heavy atom. The summed E-state index contributed by atoms with van der Waals surface area (Å²) in [5.74, 6) is 14.2. The Hall–Kier alpha value is -0.200. The van der Waals surface area contributed by atoms with Crippen LogP contribution in [0.15, 0.2) is 0 Å². The molecule has 12 aliphatic carbocycles. The van der Waals surface area contributed by atoms with E-state index < -0.39 is 0 Å². The lowest BCUT2D eigenvalue weighted by atomic mass is 9.50. The fourth-order valence-electron chi connectivity index (χ4n) is 15.7. The number of fused-ring (bicyclic) bond motifs is 11. The van der Waals surface area contributed by atoms with Crippen LogP contribution in [-0.4, -0.2) is 55.5 Å². The molecule has 5 heteroatoms. The van der Waals surface area contributed by atoms with Crippen LogP contribution in [0.5, 0.6) is 0 Å². The molecule has 0 radical (unpaired) electrons. The largest absolute Gasteiger partial charge is 0.393 e. The van der Waals surface area contributed by atoms with Crippen LogP contribution in [0, 0.1) is 94.7 Å². The summed E-state index contributed by atoms with van der Waals surface area (Å²) in [6, 6.07) is 0. The van der Waals surface area contributed by atoms with Gasteiger partial charge in [-0.05, 0) is 210 Å². The molecule has 300 valence electrons. The van der Waals surface area contributed by atoms with Crippen molar-refractivity contribution in [1.82, 2.24) is 0 Å². The minimum atomic E-state index is -0.219. The quantitative estimate of drug-likeness (QED) is 0.174. The van der Waals surface area contributed by atoms with E-state index in [4.69, 9.17) is 5.11 Å². The van der Waals surface area contributed by atoms with Gasteiger partial charge in [0.15, 0.2) is 0 Å². The highest BCUT2D eigenvalue weighted by molar-refractivity contribution is 5.12. The Balaban J connectivity index is 0.000000103. The third-order valence-corrected chi connectivity index (χ3v) is 18.3. The van der Waals surface area contributed by atoms with Gasteiger partial charge in [-0.25, -0.2) is 0 Å². The Morgan fingerprint density at radius 2 is 1.13 bits per heavy atom. The van der Waals surface area contributed by atoms with Crippen LogP contribution >= 0.6 is 0 Å². The third kappa shape index (κ3) is 8.69. The van der Waals surface area contributed by atoms with Crippen LogP contribution in [-0.2, 0) is 0 Å². The molecule has 0 amide bonds. The second-order valence-corrected chi connectivity index (χ2v) is 21.8. The van der Waals surface area contributed by atoms with Crippen molar-refractivity contribution in [3.63, 3.8) is 0 Å². The third-order valence-electron chi connectivity index (χ3n) is 18.3. The van der Waals surface area contributed by atoms with E-state index in [1.165, 1.54) is 77.0 Å². The van der Waals surface area contributed by atoms with E-state index in [9.17, 15) is 20.4 Å². The van der Waals surface area contributed by atoms with Gasteiger partial charge in [0.05, 0.1) is 30.0 Å². The molecule has 5 N–H and O–H groups in total. The van der Waals surface area contributed by atoms with Crippen molar-refractivity contribution in [1.29, 1.82) is 0 Å². The molecule has 0 heterocycles. The van der Waals surface area contributed by atoms with E-state index in [0.29, 0.717) is 11.8 Å². The topological polar surface area (TPSA) is 101 Å². The van der Waals surface area contributed by atoms with Crippen molar-refractivity contribution in [3.05, 3.63) is 0 Å². The first-order valence-electron chi connectivity index (χ1n) is 23.2. The minimum Gasteiger partial charge on any atom is -0.393 e. The van der Waals surface area contributed by atoms with Gasteiger partial charge in [0.1, 0.15) is 0 Å². The zero-order valence-corrected chi connectivity index (χ0v) is 34.1. The van der Waals surface area contributed by atoms with Crippen molar-refractivity contribution in [2.75, 3.05) is 0 Å². The maximum absolute atomic E-state index is 10.2. The van der Waals surface area contributed by atoms with Gasteiger partial charge in [0, 0.05) is 0 Å². The number of rotatable bonds is 1. The summed E-state index contributed by atoms with van der Waals surface area (Å²) in [6.45, 7) is 11.6. The average molecular weight is 727 g/mol. The molecule has 12 rings (SSSR count). The molecule has 0 aromatic heterocycles. The Morgan fingerprint density at radius 1 is 0.500 bits per heavy atom. The smallest absolute Gasteiger partial charge is 0.0656 e. The van der Waals surface area contributed by atoms with E-state index in [-0.39, 0.29) is 30.0 Å². The predicted octanol–water partition coefficient (Wildman–Crippen LogP) is 9.41. The highest BCUT2D eigenvalue weighted by atomic mass is 16.3. The van der Waals surface area contributed by atoms with Gasteiger partial charge < -0.3 is 25.5 Å². The molecule has 16 atom stereocenters. The monoisotopic (exact) mass is 727 g/mol. The molecular formula is C47H82O5. The fourth-order valence-corrected chi connectivity index (χ4v) is 15.7. The van der Waals surface area contributed by atoms with Crippen LogP contribution in [0.4, 0.5) is 0 Å². The first-order valence-corrected chi connectivity index (χ1v) is 23.2. The van der Waals surface area contributed by atoms with Gasteiger partial charge >= 0.3 is 0 Å². The van der Waals surface area contributed by atoms with Crippen molar-refractivity contribution >= 4 is 0 Å². The van der Waals surface area contributed by atoms with Crippen molar-refractivity contribution in [2.24, 2.45) is 94.7 Å². The van der Waals surface area contributed by atoms with Crippen molar-refractivity contribution in [3.8, 4) is 0 Å². The molecule has 12 aliphatic rings. The lowest BCUT2D eigenvalue weighted by Crippen LogP contribution is -2.53. The fraction of sp³-hybridized carbons (Fsp3) is 1.00. The molecule has 5 nitrogen and oxygen atoms in total. The Kier molecular flexibility index (Phi) is 12.9. The molecule has 0 aromatic rings. The molecule has 16 unspecified atom stereocenters. The second-order valence-electron chi connectivity index (χ2n) is 21.8. The average Bonchev–Trinajstić information content (AvgIpc) is 3.95. The molecule has 0 aliphatic heterocycles. The summed E-state index contributed by atoms with van der Waals surface area (Å²) in [7, 11) is 0. The number of hydrogen-bond donors (Lipinski definition) is 5.